The Kier molecular flexibility index (Phi) is 4.10. The van der Waals surface area contributed by atoms with Crippen molar-refractivity contribution in [3.63, 3.8) is 0 Å². The molecule has 1 aromatic rings. The van der Waals surface area contributed by atoms with Crippen LogP contribution in [0.4, 0.5) is 0 Å². The van der Waals surface area contributed by atoms with Crippen molar-refractivity contribution in [3.05, 3.63) is 34.3 Å². The normalized spacial score (nSPS) is 18.5. The van der Waals surface area contributed by atoms with Gasteiger partial charge in [-0.2, -0.15) is 0 Å². The molecule has 1 heterocycles. The molecule has 1 amide bonds. The first-order valence-electron chi connectivity index (χ1n) is 6.19. The molecule has 4 nitrogen and oxygen atoms in total. The largest absolute Gasteiger partial charge is 0.467 e. The number of benzene rings is 1. The van der Waals surface area contributed by atoms with Gasteiger partial charge in [-0.05, 0) is 37.5 Å². The Balaban J connectivity index is 2.23. The molecule has 0 bridgehead atoms. The van der Waals surface area contributed by atoms with Crippen molar-refractivity contribution in [2.75, 3.05) is 13.7 Å². The van der Waals surface area contributed by atoms with Crippen LogP contribution in [-0.4, -0.2) is 36.5 Å². The first kappa shape index (κ1) is 13.9. The summed E-state index contributed by atoms with van der Waals surface area (Å²) >= 11 is 6.03. The number of nitrogens with zero attached hydrogens (tertiary/aromatic N) is 1. The monoisotopic (exact) mass is 281 g/mol. The van der Waals surface area contributed by atoms with Gasteiger partial charge in [-0.15, -0.1) is 0 Å². The van der Waals surface area contributed by atoms with E-state index in [-0.39, 0.29) is 11.9 Å². The molecule has 1 fully saturated rings. The predicted molar refractivity (Wildman–Crippen MR) is 72.3 cm³/mol. The molecule has 1 unspecified atom stereocenters. The van der Waals surface area contributed by atoms with E-state index < -0.39 is 6.04 Å². The number of aryl methyl sites for hydroxylation is 1. The van der Waals surface area contributed by atoms with Crippen LogP contribution in [0, 0.1) is 6.92 Å². The summed E-state index contributed by atoms with van der Waals surface area (Å²) in [6, 6.07) is 4.71. The Bertz CT molecular complexity index is 515. The predicted octanol–water partition coefficient (Wildman–Crippen LogP) is 2.43. The zero-order chi connectivity index (χ0) is 14.0. The molecule has 0 saturated carbocycles. The van der Waals surface area contributed by atoms with Gasteiger partial charge in [0.1, 0.15) is 6.04 Å². The Hall–Kier alpha value is -1.55. The van der Waals surface area contributed by atoms with E-state index in [1.54, 1.807) is 23.1 Å². The molecule has 19 heavy (non-hydrogen) atoms. The second-order valence-electron chi connectivity index (χ2n) is 4.64. The van der Waals surface area contributed by atoms with Crippen molar-refractivity contribution in [1.29, 1.82) is 0 Å². The van der Waals surface area contributed by atoms with E-state index in [9.17, 15) is 9.59 Å². The lowest BCUT2D eigenvalue weighted by Crippen LogP contribution is -2.41. The second-order valence-corrected chi connectivity index (χ2v) is 5.05. The summed E-state index contributed by atoms with van der Waals surface area (Å²) in [6.07, 6.45) is 1.46. The second kappa shape index (κ2) is 5.61. The van der Waals surface area contributed by atoms with Crippen molar-refractivity contribution >= 4 is 23.5 Å². The molecule has 1 aliphatic rings. The fourth-order valence-corrected chi connectivity index (χ4v) is 2.46. The third-order valence-corrected chi connectivity index (χ3v) is 3.81. The van der Waals surface area contributed by atoms with E-state index in [0.717, 1.165) is 12.0 Å². The number of methoxy groups -OCH3 is 1. The quantitative estimate of drug-likeness (QED) is 0.782. The van der Waals surface area contributed by atoms with E-state index in [4.69, 9.17) is 16.3 Å². The first-order valence-corrected chi connectivity index (χ1v) is 6.57. The van der Waals surface area contributed by atoms with Crippen LogP contribution in [0.25, 0.3) is 0 Å². The molecule has 0 N–H and O–H groups in total. The fourth-order valence-electron chi connectivity index (χ4n) is 2.28. The summed E-state index contributed by atoms with van der Waals surface area (Å²) in [5, 5.41) is 0.555. The van der Waals surface area contributed by atoms with Crippen molar-refractivity contribution in [2.45, 2.75) is 25.8 Å². The number of hydrogen-bond donors (Lipinski definition) is 0. The van der Waals surface area contributed by atoms with E-state index in [1.807, 2.05) is 6.92 Å². The van der Waals surface area contributed by atoms with Crippen LogP contribution in [0.2, 0.25) is 5.02 Å². The number of rotatable bonds is 2. The minimum Gasteiger partial charge on any atom is -0.467 e. The minimum atomic E-state index is -0.474. The number of amides is 1. The number of carbonyl (C=O) groups excluding carboxylic acids is 2. The SMILES string of the molecule is COC(=O)C1CCCN1C(=O)c1ccc(C)c(Cl)c1. The summed E-state index contributed by atoms with van der Waals surface area (Å²) < 4.78 is 4.73. The molecular weight excluding hydrogens is 266 g/mol. The van der Waals surface area contributed by atoms with Crippen LogP contribution in [0.5, 0.6) is 0 Å². The standard InChI is InChI=1S/C14H16ClNO3/c1-9-5-6-10(8-11(9)15)13(17)16-7-3-4-12(16)14(18)19-2/h5-6,8,12H,3-4,7H2,1-2H3. The number of carbonyl (C=O) groups is 2. The highest BCUT2D eigenvalue weighted by atomic mass is 35.5. The molecule has 0 aromatic heterocycles. The third kappa shape index (κ3) is 2.73. The minimum absolute atomic E-state index is 0.171. The lowest BCUT2D eigenvalue weighted by atomic mass is 10.1. The summed E-state index contributed by atoms with van der Waals surface area (Å²) in [7, 11) is 1.34. The molecule has 0 spiro atoms. The number of hydrogen-bond acceptors (Lipinski definition) is 3. The van der Waals surface area contributed by atoms with Gasteiger partial charge >= 0.3 is 5.97 Å². The maximum Gasteiger partial charge on any atom is 0.328 e. The maximum atomic E-state index is 12.4. The molecule has 0 aliphatic carbocycles. The molecular formula is C14H16ClNO3. The van der Waals surface area contributed by atoms with Crippen LogP contribution in [0.3, 0.4) is 0 Å². The summed E-state index contributed by atoms with van der Waals surface area (Å²) in [5.41, 5.74) is 1.43. The van der Waals surface area contributed by atoms with Gasteiger partial charge in [0.05, 0.1) is 7.11 Å². The molecule has 1 saturated heterocycles. The Morgan fingerprint density at radius 3 is 2.79 bits per heavy atom. The fraction of sp³-hybridized carbons (Fsp3) is 0.429. The highest BCUT2D eigenvalue weighted by molar-refractivity contribution is 6.31. The smallest absolute Gasteiger partial charge is 0.328 e. The summed E-state index contributed by atoms with van der Waals surface area (Å²) in [5.74, 6) is -0.529. The molecule has 102 valence electrons. The number of likely N-dealkylation sites (tertiary alicyclic amines) is 1. The van der Waals surface area contributed by atoms with Gasteiger partial charge in [0, 0.05) is 17.1 Å². The van der Waals surface area contributed by atoms with Gasteiger partial charge in [0.2, 0.25) is 0 Å². The third-order valence-electron chi connectivity index (χ3n) is 3.41. The van der Waals surface area contributed by atoms with Gasteiger partial charge in [0.15, 0.2) is 0 Å². The number of esters is 1. The molecule has 5 heteroatoms. The van der Waals surface area contributed by atoms with Crippen LogP contribution >= 0.6 is 11.6 Å². The van der Waals surface area contributed by atoms with E-state index in [0.29, 0.717) is 23.6 Å². The van der Waals surface area contributed by atoms with Crippen molar-refractivity contribution in [2.24, 2.45) is 0 Å². The van der Waals surface area contributed by atoms with Crippen molar-refractivity contribution in [3.8, 4) is 0 Å². The van der Waals surface area contributed by atoms with Crippen LogP contribution in [0.15, 0.2) is 18.2 Å². The molecule has 1 aliphatic heterocycles. The maximum absolute atomic E-state index is 12.4. The lowest BCUT2D eigenvalue weighted by Gasteiger charge is -2.22. The van der Waals surface area contributed by atoms with Crippen LogP contribution < -0.4 is 0 Å². The van der Waals surface area contributed by atoms with E-state index in [1.165, 1.54) is 7.11 Å². The van der Waals surface area contributed by atoms with Crippen molar-refractivity contribution in [1.82, 2.24) is 4.90 Å². The van der Waals surface area contributed by atoms with Gasteiger partial charge in [-0.3, -0.25) is 4.79 Å². The highest BCUT2D eigenvalue weighted by Crippen LogP contribution is 2.23. The molecule has 2 rings (SSSR count). The van der Waals surface area contributed by atoms with Crippen LogP contribution in [0.1, 0.15) is 28.8 Å². The zero-order valence-corrected chi connectivity index (χ0v) is 11.7. The molecule has 1 aromatic carbocycles. The summed E-state index contributed by atoms with van der Waals surface area (Å²) in [4.78, 5) is 25.6. The number of ether oxygens (including phenoxy) is 1. The average Bonchev–Trinajstić information content (AvgIpc) is 2.89. The van der Waals surface area contributed by atoms with Gasteiger partial charge in [0.25, 0.3) is 5.91 Å². The van der Waals surface area contributed by atoms with Gasteiger partial charge in [-0.1, -0.05) is 17.7 Å². The van der Waals surface area contributed by atoms with Crippen molar-refractivity contribution < 1.29 is 14.3 Å². The lowest BCUT2D eigenvalue weighted by molar-refractivity contribution is -0.145. The average molecular weight is 282 g/mol. The topological polar surface area (TPSA) is 46.6 Å². The summed E-state index contributed by atoms with van der Waals surface area (Å²) in [6.45, 7) is 2.45. The van der Waals surface area contributed by atoms with E-state index >= 15 is 0 Å². The Morgan fingerprint density at radius 2 is 2.16 bits per heavy atom. The first-order chi connectivity index (χ1) is 9.04. The highest BCUT2D eigenvalue weighted by Gasteiger charge is 2.35. The molecule has 1 atom stereocenters. The Labute approximate surface area is 117 Å². The van der Waals surface area contributed by atoms with Gasteiger partial charge < -0.3 is 9.64 Å². The zero-order valence-electron chi connectivity index (χ0n) is 11.0. The van der Waals surface area contributed by atoms with E-state index in [2.05, 4.69) is 0 Å². The Morgan fingerprint density at radius 1 is 1.42 bits per heavy atom. The molecule has 0 radical (unpaired) electrons. The van der Waals surface area contributed by atoms with Crippen LogP contribution in [-0.2, 0) is 9.53 Å². The van der Waals surface area contributed by atoms with Gasteiger partial charge in [-0.25, -0.2) is 4.79 Å². The number of halogens is 1.